The van der Waals surface area contributed by atoms with Crippen molar-refractivity contribution in [3.63, 3.8) is 0 Å². The van der Waals surface area contributed by atoms with Gasteiger partial charge in [0.05, 0.1) is 17.5 Å². The maximum absolute atomic E-state index is 13.6. The molecular formula is C24H19ClF5NO4S2. The fraction of sp³-hybridized carbons (Fsp3) is 0.125. The van der Waals surface area contributed by atoms with Crippen molar-refractivity contribution in [3.05, 3.63) is 88.6 Å². The molecule has 4 aromatic rings. The van der Waals surface area contributed by atoms with Crippen LogP contribution in [0, 0.1) is 6.92 Å². The third-order valence-electron chi connectivity index (χ3n) is 5.67. The Labute approximate surface area is 214 Å². The number of carbonyl (C=O) groups excluding carboxylic acids is 1. The minimum Gasteiger partial charge on any atom is -0.496 e. The number of halogens is 6. The summed E-state index contributed by atoms with van der Waals surface area (Å²) >= 11 is 5.93. The lowest BCUT2D eigenvalue weighted by Gasteiger charge is -2.40. The molecular weight excluding hydrogens is 561 g/mol. The van der Waals surface area contributed by atoms with Gasteiger partial charge >= 0.3 is 10.2 Å². The van der Waals surface area contributed by atoms with Crippen LogP contribution in [0.4, 0.5) is 19.4 Å². The van der Waals surface area contributed by atoms with Crippen LogP contribution < -0.4 is 4.74 Å². The highest BCUT2D eigenvalue weighted by molar-refractivity contribution is 8.45. The Morgan fingerprint density at radius 3 is 2.22 bits per heavy atom. The van der Waals surface area contributed by atoms with E-state index in [2.05, 4.69) is 0 Å². The van der Waals surface area contributed by atoms with Crippen molar-refractivity contribution in [1.29, 1.82) is 0 Å². The number of rotatable bonds is 7. The molecule has 0 fully saturated rings. The van der Waals surface area contributed by atoms with Crippen LogP contribution in [0.25, 0.3) is 10.9 Å². The Balaban J connectivity index is 1.95. The largest absolute Gasteiger partial charge is 0.496 e. The van der Waals surface area contributed by atoms with Crippen LogP contribution in [-0.4, -0.2) is 25.3 Å². The molecule has 0 radical (unpaired) electrons. The van der Waals surface area contributed by atoms with Gasteiger partial charge < -0.3 is 4.74 Å². The standard InChI is InChI=1S/C24H19ClF5NO4S2/c1-15-3-7-18(8-4-15)36(33,34)31-14-21(23(32)11-16-5-6-17(25)12-24(16)35-2)20-13-19(9-10-22(20)31)37(26,27,28,29)30/h3-10,12-14H,11H2,1-2H3. The second-order valence-corrected chi connectivity index (χ2v) is 13.0. The predicted molar refractivity (Wildman–Crippen MR) is 133 cm³/mol. The number of ketones is 1. The number of hydrogen-bond acceptors (Lipinski definition) is 4. The highest BCUT2D eigenvalue weighted by atomic mass is 35.5. The fourth-order valence-electron chi connectivity index (χ4n) is 3.80. The molecule has 1 aromatic heterocycles. The van der Waals surface area contributed by atoms with E-state index in [0.29, 0.717) is 20.6 Å². The first-order chi connectivity index (χ1) is 16.9. The van der Waals surface area contributed by atoms with Crippen molar-refractivity contribution >= 4 is 48.5 Å². The second-order valence-electron chi connectivity index (χ2n) is 8.36. The topological polar surface area (TPSA) is 65.4 Å². The number of Topliss-reactive ketones (excluding diaryl/α,β-unsaturated/α-hetero) is 1. The van der Waals surface area contributed by atoms with Crippen LogP contribution in [0.1, 0.15) is 21.5 Å². The zero-order chi connectivity index (χ0) is 27.5. The molecule has 0 aliphatic carbocycles. The number of benzene rings is 3. The van der Waals surface area contributed by atoms with Crippen LogP contribution in [0.5, 0.6) is 5.75 Å². The summed E-state index contributed by atoms with van der Waals surface area (Å²) in [4.78, 5) is 10.8. The van der Waals surface area contributed by atoms with E-state index in [1.165, 1.54) is 49.6 Å². The average Bonchev–Trinajstić information content (AvgIpc) is 3.19. The van der Waals surface area contributed by atoms with Crippen molar-refractivity contribution in [2.45, 2.75) is 23.1 Å². The smallest absolute Gasteiger partial charge is 0.310 e. The van der Waals surface area contributed by atoms with Crippen molar-refractivity contribution in [3.8, 4) is 5.75 Å². The van der Waals surface area contributed by atoms with Gasteiger partial charge in [-0.1, -0.05) is 54.8 Å². The first kappa shape index (κ1) is 27.0. The molecule has 0 spiro atoms. The van der Waals surface area contributed by atoms with Gasteiger partial charge in [0, 0.05) is 34.2 Å². The number of aryl methyl sites for hydroxylation is 1. The first-order valence-electron chi connectivity index (χ1n) is 10.5. The van der Waals surface area contributed by atoms with Gasteiger partial charge in [-0.05, 0) is 49.4 Å². The molecule has 4 rings (SSSR count). The van der Waals surface area contributed by atoms with Gasteiger partial charge in [-0.15, -0.1) is 0 Å². The first-order valence-corrected chi connectivity index (χ1v) is 14.2. The fourth-order valence-corrected chi connectivity index (χ4v) is 5.99. The number of methoxy groups -OCH3 is 1. The van der Waals surface area contributed by atoms with E-state index in [9.17, 15) is 32.6 Å². The maximum Gasteiger partial charge on any atom is 0.310 e. The Kier molecular flexibility index (Phi) is 5.98. The van der Waals surface area contributed by atoms with Gasteiger partial charge in [0.2, 0.25) is 0 Å². The van der Waals surface area contributed by atoms with Crippen molar-refractivity contribution in [2.75, 3.05) is 7.11 Å². The van der Waals surface area contributed by atoms with Crippen molar-refractivity contribution in [1.82, 2.24) is 3.97 Å². The van der Waals surface area contributed by atoms with Gasteiger partial charge in [0.25, 0.3) is 10.0 Å². The molecule has 0 bridgehead atoms. The highest BCUT2D eigenvalue weighted by Gasteiger charge is 2.65. The van der Waals surface area contributed by atoms with Gasteiger partial charge in [0.1, 0.15) is 10.6 Å². The Hall–Kier alpha value is -3.09. The third-order valence-corrected chi connectivity index (χ3v) is 8.73. The summed E-state index contributed by atoms with van der Waals surface area (Å²) in [6.45, 7) is 1.73. The highest BCUT2D eigenvalue weighted by Crippen LogP contribution is 3.02. The van der Waals surface area contributed by atoms with Crippen molar-refractivity contribution < 1.29 is 37.4 Å². The van der Waals surface area contributed by atoms with Crippen LogP contribution in [-0.2, 0) is 16.4 Å². The summed E-state index contributed by atoms with van der Waals surface area (Å²) in [5, 5.41) is -0.284. The molecule has 13 heteroatoms. The normalized spacial score (nSPS) is 14.3. The Morgan fingerprint density at radius 1 is 0.973 bits per heavy atom. The van der Waals surface area contributed by atoms with E-state index >= 15 is 0 Å². The number of aromatic nitrogens is 1. The van der Waals surface area contributed by atoms with E-state index in [-0.39, 0.29) is 28.3 Å². The van der Waals surface area contributed by atoms with Gasteiger partial charge in [-0.2, -0.15) is 0 Å². The number of nitrogens with zero attached hydrogens (tertiary/aromatic N) is 1. The molecule has 0 saturated heterocycles. The molecule has 1 heterocycles. The van der Waals surface area contributed by atoms with Crippen LogP contribution >= 0.6 is 21.8 Å². The van der Waals surface area contributed by atoms with E-state index in [4.69, 9.17) is 16.3 Å². The molecule has 0 saturated carbocycles. The minimum absolute atomic E-state index is 0.113. The average molecular weight is 580 g/mol. The van der Waals surface area contributed by atoms with Crippen LogP contribution in [0.2, 0.25) is 5.02 Å². The molecule has 0 amide bonds. The van der Waals surface area contributed by atoms with Crippen LogP contribution in [0.15, 0.2) is 76.7 Å². The minimum atomic E-state index is -10.1. The van der Waals surface area contributed by atoms with Gasteiger partial charge in [-0.25, -0.2) is 12.4 Å². The van der Waals surface area contributed by atoms with E-state index in [1.54, 1.807) is 6.92 Å². The lowest BCUT2D eigenvalue weighted by molar-refractivity contribution is 0.0993. The molecule has 0 aliphatic heterocycles. The number of carbonyl (C=O) groups is 1. The summed E-state index contributed by atoms with van der Waals surface area (Å²) < 4.78 is 100. The Bertz CT molecular complexity index is 1670. The molecule has 0 aliphatic rings. The number of ether oxygens (including phenoxy) is 1. The van der Waals surface area contributed by atoms with E-state index in [0.717, 1.165) is 11.8 Å². The lowest BCUT2D eigenvalue weighted by atomic mass is 10.0. The third kappa shape index (κ3) is 5.32. The molecule has 0 atom stereocenters. The number of fused-ring (bicyclic) bond motifs is 1. The van der Waals surface area contributed by atoms with Crippen LogP contribution in [0.3, 0.4) is 0 Å². The Morgan fingerprint density at radius 2 is 1.62 bits per heavy atom. The molecule has 5 nitrogen and oxygen atoms in total. The predicted octanol–water partition coefficient (Wildman–Crippen LogP) is 7.93. The maximum atomic E-state index is 13.6. The molecule has 3 aromatic carbocycles. The molecule has 37 heavy (non-hydrogen) atoms. The number of hydrogen-bond donors (Lipinski definition) is 0. The summed E-state index contributed by atoms with van der Waals surface area (Å²) in [5.41, 5.74) is 0.219. The SMILES string of the molecule is COc1cc(Cl)ccc1CC(=O)c1cn(S(=O)(=O)c2ccc(C)cc2)c2ccc(S(F)(F)(F)(F)F)cc12. The van der Waals surface area contributed by atoms with E-state index < -0.39 is 48.3 Å². The summed E-state index contributed by atoms with van der Waals surface area (Å²) in [5.74, 6) is -0.604. The quantitative estimate of drug-likeness (QED) is 0.165. The van der Waals surface area contributed by atoms with E-state index in [1.807, 2.05) is 0 Å². The van der Waals surface area contributed by atoms with Gasteiger partial charge in [0.15, 0.2) is 5.78 Å². The monoisotopic (exact) mass is 579 g/mol. The summed E-state index contributed by atoms with van der Waals surface area (Å²) in [6.07, 6.45) is 0.421. The summed E-state index contributed by atoms with van der Waals surface area (Å²) in [6, 6.07) is 10.8. The second kappa shape index (κ2) is 8.20. The summed E-state index contributed by atoms with van der Waals surface area (Å²) in [7, 11) is -13.2. The molecule has 198 valence electrons. The molecule has 0 unspecified atom stereocenters. The zero-order valence-corrected chi connectivity index (χ0v) is 21.6. The van der Waals surface area contributed by atoms with Gasteiger partial charge in [-0.3, -0.25) is 4.79 Å². The zero-order valence-electron chi connectivity index (χ0n) is 19.2. The van der Waals surface area contributed by atoms with Crippen molar-refractivity contribution in [2.24, 2.45) is 0 Å². The lowest BCUT2D eigenvalue weighted by Crippen LogP contribution is -2.12. The molecule has 0 N–H and O–H groups in total.